The molecule has 0 aliphatic carbocycles. The molecule has 0 bridgehead atoms. The molecule has 12 atom stereocenters. The molecule has 14 nitrogen and oxygen atoms in total. The van der Waals surface area contributed by atoms with Crippen LogP contribution in [-0.4, -0.2) is 140 Å². The smallest absolute Gasteiger partial charge is 0.220 e. The van der Waals surface area contributed by atoms with Gasteiger partial charge in [0.05, 0.1) is 32.0 Å². The Bertz CT molecular complexity index is 1150. The number of ether oxygens (including phenoxy) is 4. The normalized spacial score (nSPS) is 26.3. The van der Waals surface area contributed by atoms with E-state index in [1.165, 1.54) is 154 Å². The molecule has 0 saturated carbocycles. The van der Waals surface area contributed by atoms with E-state index in [-0.39, 0.29) is 12.5 Å². The highest BCUT2D eigenvalue weighted by molar-refractivity contribution is 5.76. The summed E-state index contributed by atoms with van der Waals surface area (Å²) >= 11 is 0. The minimum atomic E-state index is -1.78. The van der Waals surface area contributed by atoms with Crippen molar-refractivity contribution in [2.24, 2.45) is 0 Å². The van der Waals surface area contributed by atoms with Crippen LogP contribution in [0, 0.1) is 0 Å². The van der Waals surface area contributed by atoms with Gasteiger partial charge in [-0.25, -0.2) is 0 Å². The van der Waals surface area contributed by atoms with Crippen molar-refractivity contribution in [3.63, 3.8) is 0 Å². The summed E-state index contributed by atoms with van der Waals surface area (Å²) in [5, 5.41) is 86.6. The van der Waals surface area contributed by atoms with Gasteiger partial charge in [0.1, 0.15) is 48.8 Å². The fraction of sp³-hybridized carbons (Fsp3) is 0.981. The Morgan fingerprint density at radius 2 is 0.838 bits per heavy atom. The molecule has 0 aromatic carbocycles. The number of unbranched alkanes of at least 4 members (excludes halogenated alkanes) is 32. The lowest BCUT2D eigenvalue weighted by atomic mass is 9.97. The second-order valence-corrected chi connectivity index (χ2v) is 20.4. The molecule has 0 spiro atoms. The van der Waals surface area contributed by atoms with Crippen molar-refractivity contribution in [1.82, 2.24) is 5.32 Å². The van der Waals surface area contributed by atoms with E-state index in [2.05, 4.69) is 19.2 Å². The zero-order valence-corrected chi connectivity index (χ0v) is 43.1. The number of aliphatic hydroxyl groups is 8. The van der Waals surface area contributed by atoms with Crippen molar-refractivity contribution >= 4 is 5.91 Å². The Morgan fingerprint density at radius 3 is 1.25 bits per heavy atom. The number of amides is 1. The first-order valence-electron chi connectivity index (χ1n) is 28.3. The summed E-state index contributed by atoms with van der Waals surface area (Å²) in [7, 11) is 0. The second-order valence-electron chi connectivity index (χ2n) is 20.4. The van der Waals surface area contributed by atoms with E-state index >= 15 is 0 Å². The highest BCUT2D eigenvalue weighted by Gasteiger charge is 2.51. The molecule has 2 aliphatic rings. The summed E-state index contributed by atoms with van der Waals surface area (Å²) < 4.78 is 22.7. The van der Waals surface area contributed by atoms with Gasteiger partial charge in [-0.3, -0.25) is 4.79 Å². The SMILES string of the molecule is CCCCCCCCCCCCCCCCCCCCCCCCCCCCCCC(=O)NC(COC1OC(CO)C(OC2OC(CO)C(O)C(O)C2O)C(O)C1O)C(O)CCCCCCCC. The number of carbonyl (C=O) groups is 1. The van der Waals surface area contributed by atoms with Gasteiger partial charge in [-0.2, -0.15) is 0 Å². The zero-order chi connectivity index (χ0) is 49.6. The lowest BCUT2D eigenvalue weighted by Crippen LogP contribution is -2.65. The average Bonchev–Trinajstić information content (AvgIpc) is 3.34. The molecular formula is C54H105NO13. The molecule has 0 aromatic rings. The van der Waals surface area contributed by atoms with Crippen molar-refractivity contribution in [2.45, 2.75) is 319 Å². The minimum Gasteiger partial charge on any atom is -0.394 e. The van der Waals surface area contributed by atoms with E-state index in [4.69, 9.17) is 18.9 Å². The summed E-state index contributed by atoms with van der Waals surface area (Å²) in [6.45, 7) is 2.80. The zero-order valence-electron chi connectivity index (χ0n) is 43.1. The Balaban J connectivity index is 1.59. The quantitative estimate of drug-likeness (QED) is 0.0261. The minimum absolute atomic E-state index is 0.207. The van der Waals surface area contributed by atoms with Crippen molar-refractivity contribution in [3.8, 4) is 0 Å². The maximum Gasteiger partial charge on any atom is 0.220 e. The van der Waals surface area contributed by atoms with E-state index in [0.29, 0.717) is 12.8 Å². The number of hydrogen-bond acceptors (Lipinski definition) is 13. The maximum absolute atomic E-state index is 13.1. The Hall–Kier alpha value is -1.01. The molecule has 0 aromatic heterocycles. The molecule has 0 radical (unpaired) electrons. The molecule has 404 valence electrons. The molecule has 68 heavy (non-hydrogen) atoms. The Morgan fingerprint density at radius 1 is 0.471 bits per heavy atom. The van der Waals surface area contributed by atoms with Crippen LogP contribution < -0.4 is 5.32 Å². The summed E-state index contributed by atoms with van der Waals surface area (Å²) in [4.78, 5) is 13.1. The van der Waals surface area contributed by atoms with Gasteiger partial charge in [-0.1, -0.05) is 226 Å². The average molecular weight is 976 g/mol. The number of carbonyl (C=O) groups excluding carboxylic acids is 1. The van der Waals surface area contributed by atoms with Gasteiger partial charge in [0.2, 0.25) is 5.91 Å². The third kappa shape index (κ3) is 27.7. The van der Waals surface area contributed by atoms with E-state index in [1.807, 2.05) is 0 Å². The molecular weight excluding hydrogens is 871 g/mol. The number of nitrogens with one attached hydrogen (secondary N) is 1. The monoisotopic (exact) mass is 976 g/mol. The molecule has 2 rings (SSSR count). The van der Waals surface area contributed by atoms with Crippen LogP contribution in [0.1, 0.15) is 245 Å². The molecule has 1 amide bonds. The molecule has 2 aliphatic heterocycles. The molecule has 2 fully saturated rings. The first-order valence-corrected chi connectivity index (χ1v) is 28.3. The first kappa shape index (κ1) is 63.1. The standard InChI is InChI=1S/C54H105NO13/c1-3-5-7-9-11-12-13-14-15-16-17-18-19-20-21-22-23-24-25-26-27-28-29-30-31-32-34-36-38-46(59)55-42(43(58)37-35-33-10-8-6-4-2)41-65-53-51(64)49(62)52(45(40-57)67-53)68-54-50(63)48(61)47(60)44(39-56)66-54/h42-45,47-54,56-58,60-64H,3-41H2,1-2H3,(H,55,59). The van der Waals surface area contributed by atoms with Gasteiger partial charge in [0, 0.05) is 6.42 Å². The fourth-order valence-corrected chi connectivity index (χ4v) is 9.71. The Labute approximate surface area is 413 Å². The largest absolute Gasteiger partial charge is 0.394 e. The first-order chi connectivity index (χ1) is 33.1. The van der Waals surface area contributed by atoms with Crippen molar-refractivity contribution in [2.75, 3.05) is 19.8 Å². The van der Waals surface area contributed by atoms with Crippen LogP contribution >= 0.6 is 0 Å². The summed E-state index contributed by atoms with van der Waals surface area (Å²) in [6.07, 6.45) is 27.5. The van der Waals surface area contributed by atoms with Crippen LogP contribution in [0.4, 0.5) is 0 Å². The predicted octanol–water partition coefficient (Wildman–Crippen LogP) is 8.56. The molecule has 2 heterocycles. The van der Waals surface area contributed by atoms with Crippen LogP contribution in [0.5, 0.6) is 0 Å². The van der Waals surface area contributed by atoms with Crippen LogP contribution in [0.25, 0.3) is 0 Å². The fourth-order valence-electron chi connectivity index (χ4n) is 9.71. The third-order valence-electron chi connectivity index (χ3n) is 14.3. The van der Waals surface area contributed by atoms with Crippen LogP contribution in [0.3, 0.4) is 0 Å². The lowest BCUT2D eigenvalue weighted by molar-refractivity contribution is -0.359. The van der Waals surface area contributed by atoms with Crippen molar-refractivity contribution in [1.29, 1.82) is 0 Å². The highest BCUT2D eigenvalue weighted by Crippen LogP contribution is 2.30. The molecule has 14 heteroatoms. The van der Waals surface area contributed by atoms with Gasteiger partial charge >= 0.3 is 0 Å². The summed E-state index contributed by atoms with van der Waals surface area (Å²) in [5.41, 5.74) is 0. The highest BCUT2D eigenvalue weighted by atomic mass is 16.7. The van der Waals surface area contributed by atoms with Gasteiger partial charge in [-0.05, 0) is 12.8 Å². The van der Waals surface area contributed by atoms with Crippen molar-refractivity contribution in [3.05, 3.63) is 0 Å². The number of rotatable bonds is 45. The topological polar surface area (TPSA) is 228 Å². The van der Waals surface area contributed by atoms with Crippen LogP contribution in [0.15, 0.2) is 0 Å². The maximum atomic E-state index is 13.1. The van der Waals surface area contributed by atoms with Crippen molar-refractivity contribution < 1.29 is 64.6 Å². The molecule has 2 saturated heterocycles. The molecule has 9 N–H and O–H groups in total. The van der Waals surface area contributed by atoms with Crippen LogP contribution in [-0.2, 0) is 23.7 Å². The van der Waals surface area contributed by atoms with E-state index in [1.54, 1.807) is 0 Å². The summed E-state index contributed by atoms with van der Waals surface area (Å²) in [5.74, 6) is -0.207. The Kier molecular flexibility index (Phi) is 38.5. The third-order valence-corrected chi connectivity index (χ3v) is 14.3. The predicted molar refractivity (Wildman–Crippen MR) is 268 cm³/mol. The number of hydrogen-bond donors (Lipinski definition) is 9. The number of aliphatic hydroxyl groups excluding tert-OH is 8. The van der Waals surface area contributed by atoms with Gasteiger partial charge in [-0.15, -0.1) is 0 Å². The van der Waals surface area contributed by atoms with Gasteiger partial charge in [0.15, 0.2) is 12.6 Å². The van der Waals surface area contributed by atoms with E-state index in [9.17, 15) is 45.6 Å². The second kappa shape index (κ2) is 41.5. The van der Waals surface area contributed by atoms with Gasteiger partial charge in [0.25, 0.3) is 0 Å². The molecule has 12 unspecified atom stereocenters. The van der Waals surface area contributed by atoms with E-state index < -0.39 is 86.8 Å². The summed E-state index contributed by atoms with van der Waals surface area (Å²) in [6, 6.07) is -0.819. The van der Waals surface area contributed by atoms with E-state index in [0.717, 1.165) is 64.2 Å². The van der Waals surface area contributed by atoms with Crippen LogP contribution in [0.2, 0.25) is 0 Å². The van der Waals surface area contributed by atoms with Gasteiger partial charge < -0.3 is 65.1 Å². The lowest BCUT2D eigenvalue weighted by Gasteiger charge is -2.46.